The molecule has 2 unspecified atom stereocenters. The van der Waals surface area contributed by atoms with Crippen molar-refractivity contribution in [2.24, 2.45) is 0 Å². The molecule has 2 atom stereocenters. The molecule has 6 rings (SSSR count). The number of benzene rings is 3. The van der Waals surface area contributed by atoms with Crippen molar-refractivity contribution >= 4 is 28.3 Å². The maximum Gasteiger partial charge on any atom is 0.340 e. The van der Waals surface area contributed by atoms with Gasteiger partial charge in [0.15, 0.2) is 5.60 Å². The van der Waals surface area contributed by atoms with E-state index in [4.69, 9.17) is 4.74 Å². The summed E-state index contributed by atoms with van der Waals surface area (Å²) in [5.74, 6) is -0.308. The Morgan fingerprint density at radius 1 is 0.929 bits per heavy atom. The summed E-state index contributed by atoms with van der Waals surface area (Å²) in [4.78, 5) is 16.2. The zero-order chi connectivity index (χ0) is 29.4. The van der Waals surface area contributed by atoms with Crippen molar-refractivity contribution in [2.75, 3.05) is 11.9 Å². The summed E-state index contributed by atoms with van der Waals surface area (Å²) >= 11 is 0. The van der Waals surface area contributed by atoms with Crippen LogP contribution in [-0.2, 0) is 16.9 Å². The smallest absolute Gasteiger partial charge is 0.340 e. The van der Waals surface area contributed by atoms with Gasteiger partial charge in [-0.25, -0.2) is 4.79 Å². The van der Waals surface area contributed by atoms with E-state index in [2.05, 4.69) is 110 Å². The molecular weight excluding hydrogens is 518 g/mol. The first-order chi connectivity index (χ1) is 20.4. The second kappa shape index (κ2) is 11.1. The van der Waals surface area contributed by atoms with Gasteiger partial charge < -0.3 is 19.5 Å². The van der Waals surface area contributed by atoms with E-state index in [1.165, 1.54) is 0 Å². The number of hydrogen-bond donors (Lipinski definition) is 1. The summed E-state index contributed by atoms with van der Waals surface area (Å²) in [6.07, 6.45) is 12.2. The van der Waals surface area contributed by atoms with Gasteiger partial charge in [-0.3, -0.25) is 0 Å². The molecule has 0 radical (unpaired) electrons. The van der Waals surface area contributed by atoms with Gasteiger partial charge in [0.25, 0.3) is 0 Å². The number of nitrogens with one attached hydrogen (secondary N) is 1. The van der Waals surface area contributed by atoms with E-state index >= 15 is 0 Å². The number of cyclic esters (lactones) is 1. The van der Waals surface area contributed by atoms with E-state index in [0.717, 1.165) is 69.6 Å². The molecular formula is C37H39N3O2. The minimum Gasteiger partial charge on any atom is -0.440 e. The van der Waals surface area contributed by atoms with Gasteiger partial charge in [-0.1, -0.05) is 68.0 Å². The Bertz CT molecular complexity index is 1740. The lowest BCUT2D eigenvalue weighted by Gasteiger charge is -2.33. The number of nitrogens with zero attached hydrogens (tertiary/aromatic N) is 2. The fourth-order valence-corrected chi connectivity index (χ4v) is 6.80. The number of carbonyl (C=O) groups is 1. The second-order valence-electron chi connectivity index (χ2n) is 11.3. The van der Waals surface area contributed by atoms with Crippen molar-refractivity contribution in [2.45, 2.75) is 58.7 Å². The topological polar surface area (TPSA) is 46.5 Å². The van der Waals surface area contributed by atoms with Gasteiger partial charge in [0.1, 0.15) is 0 Å². The van der Waals surface area contributed by atoms with E-state index in [1.807, 2.05) is 36.6 Å². The molecule has 0 fully saturated rings. The van der Waals surface area contributed by atoms with Gasteiger partial charge in [-0.05, 0) is 63.6 Å². The minimum atomic E-state index is -1.14. The summed E-state index contributed by atoms with van der Waals surface area (Å²) in [6, 6.07) is 23.4. The summed E-state index contributed by atoms with van der Waals surface area (Å²) in [5, 5.41) is 4.53. The summed E-state index contributed by atoms with van der Waals surface area (Å²) in [5.41, 5.74) is 7.51. The van der Waals surface area contributed by atoms with Crippen LogP contribution in [0.3, 0.4) is 0 Å². The van der Waals surface area contributed by atoms with Crippen LogP contribution < -0.4 is 10.2 Å². The molecule has 3 aromatic carbocycles. The minimum absolute atomic E-state index is 0.308. The standard InChI is InChI=1S/C37H39N3O2/c1-6-14-25(3)39(5)28-22-20-27(21-23-28)37(34-26(4)40(7-2)33-19-11-10-15-30(33)34)35-29(32-18-9-8-12-24-38-32)16-13-17-31(35)36(41)42-37/h8-13,15-25,38H,6-7,14H2,1-5H3. The summed E-state index contributed by atoms with van der Waals surface area (Å²) in [7, 11) is 2.15. The first kappa shape index (κ1) is 27.6. The zero-order valence-corrected chi connectivity index (χ0v) is 25.1. The fraction of sp³-hybridized carbons (Fsp3) is 0.270. The molecule has 0 saturated heterocycles. The Balaban J connectivity index is 1.67. The van der Waals surface area contributed by atoms with Crippen molar-refractivity contribution in [1.82, 2.24) is 9.88 Å². The van der Waals surface area contributed by atoms with Crippen LogP contribution in [0, 0.1) is 6.92 Å². The van der Waals surface area contributed by atoms with Crippen LogP contribution in [0.5, 0.6) is 0 Å². The molecule has 2 aliphatic rings. The fourth-order valence-electron chi connectivity index (χ4n) is 6.80. The van der Waals surface area contributed by atoms with E-state index < -0.39 is 5.60 Å². The number of aryl methyl sites for hydroxylation is 1. The highest BCUT2D eigenvalue weighted by atomic mass is 16.6. The molecule has 0 bridgehead atoms. The van der Waals surface area contributed by atoms with Gasteiger partial charge in [0, 0.05) is 76.1 Å². The molecule has 214 valence electrons. The third-order valence-electron chi connectivity index (χ3n) is 8.94. The highest BCUT2D eigenvalue weighted by Gasteiger charge is 2.52. The van der Waals surface area contributed by atoms with E-state index in [9.17, 15) is 4.79 Å². The first-order valence-electron chi connectivity index (χ1n) is 15.0. The lowest BCUT2D eigenvalue weighted by molar-refractivity contribution is 0.0253. The number of para-hydroxylation sites is 1. The SMILES string of the molecule is CCCC(C)N(C)c1ccc(C2(c3c(C)n(CC)c4ccccc34)OC(=O)c3cccc(C4=CC=CC=CN4)c32)cc1. The number of anilines is 1. The van der Waals surface area contributed by atoms with Crippen LogP contribution in [0.25, 0.3) is 16.6 Å². The van der Waals surface area contributed by atoms with Crippen LogP contribution in [0.15, 0.2) is 97.2 Å². The largest absolute Gasteiger partial charge is 0.440 e. The van der Waals surface area contributed by atoms with Gasteiger partial charge in [-0.15, -0.1) is 0 Å². The highest BCUT2D eigenvalue weighted by Crippen LogP contribution is 2.53. The monoisotopic (exact) mass is 557 g/mol. The van der Waals surface area contributed by atoms with Crippen LogP contribution >= 0.6 is 0 Å². The molecule has 2 aliphatic heterocycles. The average Bonchev–Trinajstić information content (AvgIpc) is 3.30. The third kappa shape index (κ3) is 4.27. The van der Waals surface area contributed by atoms with Gasteiger partial charge >= 0.3 is 5.97 Å². The summed E-state index contributed by atoms with van der Waals surface area (Å²) in [6.45, 7) is 9.61. The number of rotatable bonds is 8. The second-order valence-corrected chi connectivity index (χ2v) is 11.3. The lowest BCUT2D eigenvalue weighted by Crippen LogP contribution is -2.32. The molecule has 0 amide bonds. The van der Waals surface area contributed by atoms with Crippen molar-refractivity contribution in [1.29, 1.82) is 0 Å². The van der Waals surface area contributed by atoms with E-state index in [1.54, 1.807) is 0 Å². The molecule has 0 saturated carbocycles. The summed E-state index contributed by atoms with van der Waals surface area (Å²) < 4.78 is 9.05. The molecule has 5 nitrogen and oxygen atoms in total. The molecule has 1 N–H and O–H groups in total. The number of allylic oxidation sites excluding steroid dienone is 4. The quantitative estimate of drug-likeness (QED) is 0.223. The van der Waals surface area contributed by atoms with Crippen LogP contribution in [0.1, 0.15) is 71.9 Å². The Morgan fingerprint density at radius 2 is 1.69 bits per heavy atom. The predicted molar refractivity (Wildman–Crippen MR) is 173 cm³/mol. The molecule has 0 aliphatic carbocycles. The lowest BCUT2D eigenvalue weighted by atomic mass is 9.76. The number of hydrogen-bond acceptors (Lipinski definition) is 4. The Hall–Kier alpha value is -4.51. The van der Waals surface area contributed by atoms with Crippen molar-refractivity contribution in [3.05, 3.63) is 131 Å². The number of esters is 1. The van der Waals surface area contributed by atoms with E-state index in [0.29, 0.717) is 11.6 Å². The third-order valence-corrected chi connectivity index (χ3v) is 8.94. The molecule has 0 spiro atoms. The molecule has 1 aromatic heterocycles. The maximum atomic E-state index is 13.9. The number of aromatic nitrogens is 1. The average molecular weight is 558 g/mol. The maximum absolute atomic E-state index is 13.9. The predicted octanol–water partition coefficient (Wildman–Crippen LogP) is 8.07. The molecule has 42 heavy (non-hydrogen) atoms. The normalized spacial score (nSPS) is 18.3. The molecule has 3 heterocycles. The zero-order valence-electron chi connectivity index (χ0n) is 25.1. The van der Waals surface area contributed by atoms with Gasteiger partial charge in [0.05, 0.1) is 5.56 Å². The van der Waals surface area contributed by atoms with Gasteiger partial charge in [0.2, 0.25) is 0 Å². The van der Waals surface area contributed by atoms with Crippen LogP contribution in [0.2, 0.25) is 0 Å². The Kier molecular flexibility index (Phi) is 7.28. The van der Waals surface area contributed by atoms with Gasteiger partial charge in [-0.2, -0.15) is 0 Å². The van der Waals surface area contributed by atoms with Crippen molar-refractivity contribution in [3.63, 3.8) is 0 Å². The van der Waals surface area contributed by atoms with Crippen molar-refractivity contribution in [3.8, 4) is 0 Å². The number of ether oxygens (including phenoxy) is 1. The van der Waals surface area contributed by atoms with E-state index in [-0.39, 0.29) is 5.97 Å². The Labute approximate surface area is 248 Å². The molecule has 5 heteroatoms. The van der Waals surface area contributed by atoms with Crippen LogP contribution in [-0.4, -0.2) is 23.6 Å². The van der Waals surface area contributed by atoms with Crippen LogP contribution in [0.4, 0.5) is 5.69 Å². The molecule has 4 aromatic rings. The van der Waals surface area contributed by atoms with Crippen molar-refractivity contribution < 1.29 is 9.53 Å². The highest BCUT2D eigenvalue weighted by molar-refractivity contribution is 6.00. The number of carbonyl (C=O) groups excluding carboxylic acids is 1. The number of fused-ring (bicyclic) bond motifs is 2. The first-order valence-corrected chi connectivity index (χ1v) is 15.0. The Morgan fingerprint density at radius 3 is 2.45 bits per heavy atom.